The zero-order valence-corrected chi connectivity index (χ0v) is 12.5. The Bertz CT molecular complexity index is 429. The number of aromatic nitrogens is 2. The Kier molecular flexibility index (Phi) is 4.82. The van der Waals surface area contributed by atoms with E-state index in [2.05, 4.69) is 26.7 Å². The number of anilines is 1. The Labute approximate surface area is 119 Å². The summed E-state index contributed by atoms with van der Waals surface area (Å²) < 4.78 is 5.30. The first-order valence-corrected chi connectivity index (χ1v) is 7.04. The van der Waals surface area contributed by atoms with Crippen LogP contribution in [0.15, 0.2) is 6.33 Å². The van der Waals surface area contributed by atoms with Gasteiger partial charge in [-0.25, -0.2) is 9.97 Å². The highest BCUT2D eigenvalue weighted by molar-refractivity contribution is 6.31. The maximum Gasteiger partial charge on any atom is 0.199 e. The fourth-order valence-corrected chi connectivity index (χ4v) is 2.92. The lowest BCUT2D eigenvalue weighted by Gasteiger charge is -2.29. The van der Waals surface area contributed by atoms with Gasteiger partial charge < -0.3 is 9.64 Å². The molecule has 0 radical (unpaired) electrons. The van der Waals surface area contributed by atoms with Crippen LogP contribution in [0.5, 0.6) is 5.75 Å². The summed E-state index contributed by atoms with van der Waals surface area (Å²) in [6.07, 6.45) is 3.98. The minimum atomic E-state index is 0.359. The second kappa shape index (κ2) is 6.39. The van der Waals surface area contributed by atoms with Crippen LogP contribution in [0.3, 0.4) is 0 Å². The van der Waals surface area contributed by atoms with Crippen molar-refractivity contribution in [3.63, 3.8) is 0 Å². The number of likely N-dealkylation sites (N-methyl/N-ethyl adjacent to an activating group) is 2. The maximum absolute atomic E-state index is 6.03. The minimum Gasteiger partial charge on any atom is -0.490 e. The van der Waals surface area contributed by atoms with Gasteiger partial charge in [-0.15, -0.1) is 0 Å². The Morgan fingerprint density at radius 2 is 2.32 bits per heavy atom. The molecular weight excluding hydrogens is 264 g/mol. The summed E-state index contributed by atoms with van der Waals surface area (Å²) in [7, 11) is 3.61. The van der Waals surface area contributed by atoms with Crippen LogP contribution in [0.2, 0.25) is 5.15 Å². The van der Waals surface area contributed by atoms with Gasteiger partial charge in [0.25, 0.3) is 0 Å². The summed E-state index contributed by atoms with van der Waals surface area (Å²) in [6.45, 7) is 5.43. The van der Waals surface area contributed by atoms with Gasteiger partial charge in [0.1, 0.15) is 6.33 Å². The van der Waals surface area contributed by atoms with Crippen molar-refractivity contribution >= 4 is 17.4 Å². The largest absolute Gasteiger partial charge is 0.490 e. The van der Waals surface area contributed by atoms with Crippen molar-refractivity contribution in [2.75, 3.05) is 38.7 Å². The quantitative estimate of drug-likeness (QED) is 0.774. The van der Waals surface area contributed by atoms with E-state index in [4.69, 9.17) is 16.3 Å². The van der Waals surface area contributed by atoms with Crippen LogP contribution < -0.4 is 9.64 Å². The topological polar surface area (TPSA) is 41.5 Å². The molecule has 19 heavy (non-hydrogen) atoms. The number of halogens is 1. The number of ether oxygens (including phenoxy) is 1. The summed E-state index contributed by atoms with van der Waals surface area (Å²) >= 11 is 6.03. The van der Waals surface area contributed by atoms with Crippen molar-refractivity contribution in [3.8, 4) is 5.75 Å². The normalized spacial score (nSPS) is 19.7. The van der Waals surface area contributed by atoms with E-state index in [1.54, 1.807) is 7.11 Å². The highest BCUT2D eigenvalue weighted by atomic mass is 35.5. The van der Waals surface area contributed by atoms with E-state index >= 15 is 0 Å². The fourth-order valence-electron chi connectivity index (χ4n) is 2.71. The monoisotopic (exact) mass is 284 g/mol. The molecule has 0 bridgehead atoms. The molecule has 106 valence electrons. The molecule has 1 saturated heterocycles. The molecule has 1 fully saturated rings. The first-order chi connectivity index (χ1) is 9.17. The first kappa shape index (κ1) is 14.3. The Balaban J connectivity index is 2.11. The number of likely N-dealkylation sites (tertiary alicyclic amines) is 1. The predicted molar refractivity (Wildman–Crippen MR) is 77.1 cm³/mol. The van der Waals surface area contributed by atoms with Crippen LogP contribution in [0.1, 0.15) is 19.8 Å². The van der Waals surface area contributed by atoms with E-state index in [0.717, 1.165) is 18.9 Å². The van der Waals surface area contributed by atoms with Crippen molar-refractivity contribution in [1.29, 1.82) is 0 Å². The fraction of sp³-hybridized carbons (Fsp3) is 0.692. The molecule has 1 aromatic heterocycles. The minimum absolute atomic E-state index is 0.359. The maximum atomic E-state index is 6.03. The van der Waals surface area contributed by atoms with Crippen molar-refractivity contribution < 1.29 is 4.74 Å². The van der Waals surface area contributed by atoms with Gasteiger partial charge in [0.05, 0.1) is 7.11 Å². The molecule has 0 spiro atoms. The van der Waals surface area contributed by atoms with E-state index in [1.165, 1.54) is 25.7 Å². The zero-order chi connectivity index (χ0) is 13.8. The molecule has 1 aliphatic rings. The summed E-state index contributed by atoms with van der Waals surface area (Å²) in [5.74, 6) is 1.30. The molecule has 2 heterocycles. The van der Waals surface area contributed by atoms with E-state index in [1.807, 2.05) is 7.05 Å². The van der Waals surface area contributed by atoms with Gasteiger partial charge in [0.15, 0.2) is 16.7 Å². The average Bonchev–Trinajstić information content (AvgIpc) is 2.85. The van der Waals surface area contributed by atoms with Gasteiger partial charge in [-0.2, -0.15) is 0 Å². The van der Waals surface area contributed by atoms with Crippen LogP contribution in [0, 0.1) is 0 Å². The molecule has 0 saturated carbocycles. The Morgan fingerprint density at radius 3 is 3.00 bits per heavy atom. The van der Waals surface area contributed by atoms with Crippen LogP contribution in [0.25, 0.3) is 0 Å². The predicted octanol–water partition coefficient (Wildman–Crippen LogP) is 2.06. The molecule has 1 aromatic rings. The molecule has 0 aromatic carbocycles. The van der Waals surface area contributed by atoms with Crippen LogP contribution in [0.4, 0.5) is 5.82 Å². The lowest BCUT2D eigenvalue weighted by molar-refractivity contribution is 0.270. The van der Waals surface area contributed by atoms with Crippen molar-refractivity contribution in [1.82, 2.24) is 14.9 Å². The highest BCUT2D eigenvalue weighted by Crippen LogP contribution is 2.31. The van der Waals surface area contributed by atoms with E-state index in [0.29, 0.717) is 16.9 Å². The molecule has 2 rings (SSSR count). The number of hydrogen-bond acceptors (Lipinski definition) is 5. The van der Waals surface area contributed by atoms with Gasteiger partial charge in [0, 0.05) is 19.6 Å². The number of rotatable bonds is 5. The van der Waals surface area contributed by atoms with E-state index in [9.17, 15) is 0 Å². The molecule has 1 unspecified atom stereocenters. The van der Waals surface area contributed by atoms with Crippen molar-refractivity contribution in [2.24, 2.45) is 0 Å². The molecule has 0 N–H and O–H groups in total. The summed E-state index contributed by atoms with van der Waals surface area (Å²) in [5, 5.41) is 0.359. The van der Waals surface area contributed by atoms with Crippen LogP contribution >= 0.6 is 11.6 Å². The SMILES string of the molecule is CCN1CCCC1CN(C)c1ncnc(Cl)c1OC. The third kappa shape index (κ3) is 3.09. The average molecular weight is 285 g/mol. The third-order valence-electron chi connectivity index (χ3n) is 3.70. The van der Waals surface area contributed by atoms with Crippen LogP contribution in [-0.4, -0.2) is 54.7 Å². The highest BCUT2D eigenvalue weighted by Gasteiger charge is 2.25. The van der Waals surface area contributed by atoms with E-state index < -0.39 is 0 Å². The van der Waals surface area contributed by atoms with Crippen molar-refractivity contribution in [3.05, 3.63) is 11.5 Å². The Hall–Kier alpha value is -1.07. The van der Waals surface area contributed by atoms with Gasteiger partial charge in [-0.3, -0.25) is 4.90 Å². The Morgan fingerprint density at radius 1 is 1.53 bits per heavy atom. The third-order valence-corrected chi connectivity index (χ3v) is 3.97. The molecule has 5 nitrogen and oxygen atoms in total. The lowest BCUT2D eigenvalue weighted by Crippen LogP contribution is -2.39. The summed E-state index contributed by atoms with van der Waals surface area (Å²) in [6, 6.07) is 0.577. The molecule has 0 aliphatic carbocycles. The molecular formula is C13H21ClN4O. The molecule has 1 atom stereocenters. The first-order valence-electron chi connectivity index (χ1n) is 6.67. The van der Waals surface area contributed by atoms with Gasteiger partial charge in [0.2, 0.25) is 0 Å². The second-order valence-corrected chi connectivity index (χ2v) is 5.18. The number of hydrogen-bond donors (Lipinski definition) is 0. The summed E-state index contributed by atoms with van der Waals surface area (Å²) in [4.78, 5) is 12.8. The second-order valence-electron chi connectivity index (χ2n) is 4.83. The lowest BCUT2D eigenvalue weighted by atomic mass is 10.2. The zero-order valence-electron chi connectivity index (χ0n) is 11.8. The molecule has 0 amide bonds. The molecule has 1 aliphatic heterocycles. The number of nitrogens with zero attached hydrogens (tertiary/aromatic N) is 4. The van der Waals surface area contributed by atoms with E-state index in [-0.39, 0.29) is 0 Å². The summed E-state index contributed by atoms with van der Waals surface area (Å²) in [5.41, 5.74) is 0. The molecule has 6 heteroatoms. The van der Waals surface area contributed by atoms with Crippen LogP contribution in [-0.2, 0) is 0 Å². The van der Waals surface area contributed by atoms with Gasteiger partial charge in [-0.1, -0.05) is 18.5 Å². The number of methoxy groups -OCH3 is 1. The van der Waals surface area contributed by atoms with Gasteiger partial charge in [-0.05, 0) is 25.9 Å². The smallest absolute Gasteiger partial charge is 0.199 e. The standard InChI is InChI=1S/C13H21ClN4O/c1-4-18-7-5-6-10(18)8-17(2)13-11(19-3)12(14)15-9-16-13/h9-10H,4-8H2,1-3H3. The van der Waals surface area contributed by atoms with Gasteiger partial charge >= 0.3 is 0 Å². The van der Waals surface area contributed by atoms with Crippen molar-refractivity contribution in [2.45, 2.75) is 25.8 Å².